The first kappa shape index (κ1) is 11.5. The normalized spacial score (nSPS) is 9.00. The molecule has 0 rings (SSSR count). The SMILES string of the molecule is CC(C)CCCO.[H-].[H-].[Mg+2]. The molecule has 0 unspecified atom stereocenters. The van der Waals surface area contributed by atoms with Crippen molar-refractivity contribution in [2.75, 3.05) is 6.61 Å². The Morgan fingerprint density at radius 2 is 2.00 bits per heavy atom. The predicted octanol–water partition coefficient (Wildman–Crippen LogP) is 1.26. The van der Waals surface area contributed by atoms with E-state index in [9.17, 15) is 0 Å². The molecule has 0 aliphatic heterocycles. The molecule has 8 heavy (non-hydrogen) atoms. The Morgan fingerprint density at radius 3 is 2.12 bits per heavy atom. The fraction of sp³-hybridized carbons (Fsp3) is 1.00. The van der Waals surface area contributed by atoms with Gasteiger partial charge in [0.1, 0.15) is 0 Å². The van der Waals surface area contributed by atoms with Gasteiger partial charge in [0.15, 0.2) is 0 Å². The second-order valence-electron chi connectivity index (χ2n) is 2.26. The molecular formula is C6H16MgO. The molecule has 0 fully saturated rings. The van der Waals surface area contributed by atoms with Gasteiger partial charge in [-0.25, -0.2) is 0 Å². The predicted molar refractivity (Wildman–Crippen MR) is 39.1 cm³/mol. The second-order valence-corrected chi connectivity index (χ2v) is 2.26. The van der Waals surface area contributed by atoms with Gasteiger partial charge in [-0.05, 0) is 18.8 Å². The topological polar surface area (TPSA) is 20.2 Å². The summed E-state index contributed by atoms with van der Waals surface area (Å²) >= 11 is 0. The van der Waals surface area contributed by atoms with Gasteiger partial charge >= 0.3 is 23.1 Å². The van der Waals surface area contributed by atoms with Crippen molar-refractivity contribution in [2.24, 2.45) is 5.92 Å². The summed E-state index contributed by atoms with van der Waals surface area (Å²) in [5.41, 5.74) is 0. The molecule has 0 saturated heterocycles. The minimum absolute atomic E-state index is 0. The molecule has 48 valence electrons. The van der Waals surface area contributed by atoms with E-state index in [2.05, 4.69) is 13.8 Å². The third-order valence-corrected chi connectivity index (χ3v) is 0.940. The van der Waals surface area contributed by atoms with Gasteiger partial charge in [-0.1, -0.05) is 13.8 Å². The molecular weight excluding hydrogens is 112 g/mol. The zero-order valence-corrected chi connectivity index (χ0v) is 7.27. The van der Waals surface area contributed by atoms with Crippen LogP contribution in [0.1, 0.15) is 29.5 Å². The summed E-state index contributed by atoms with van der Waals surface area (Å²) in [4.78, 5) is 0. The first-order valence-corrected chi connectivity index (χ1v) is 2.88. The summed E-state index contributed by atoms with van der Waals surface area (Å²) in [6.07, 6.45) is 2.11. The van der Waals surface area contributed by atoms with Crippen LogP contribution < -0.4 is 0 Å². The Bertz CT molecular complexity index is 44.7. The van der Waals surface area contributed by atoms with E-state index < -0.39 is 0 Å². The first-order chi connectivity index (χ1) is 3.27. The fourth-order valence-electron chi connectivity index (χ4n) is 0.500. The van der Waals surface area contributed by atoms with Crippen LogP contribution in [0, 0.1) is 5.92 Å². The van der Waals surface area contributed by atoms with Gasteiger partial charge in [0.2, 0.25) is 0 Å². The zero-order valence-electron chi connectivity index (χ0n) is 7.85. The molecule has 0 aromatic heterocycles. The summed E-state index contributed by atoms with van der Waals surface area (Å²) in [7, 11) is 0. The van der Waals surface area contributed by atoms with Crippen molar-refractivity contribution < 1.29 is 7.96 Å². The Kier molecular flexibility index (Phi) is 11.1. The van der Waals surface area contributed by atoms with E-state index in [1.807, 2.05) is 0 Å². The van der Waals surface area contributed by atoms with Crippen molar-refractivity contribution in [1.29, 1.82) is 0 Å². The number of rotatable bonds is 3. The zero-order chi connectivity index (χ0) is 5.70. The van der Waals surface area contributed by atoms with Gasteiger partial charge in [-0.15, -0.1) is 0 Å². The summed E-state index contributed by atoms with van der Waals surface area (Å²) < 4.78 is 0. The standard InChI is InChI=1S/C6H14O.Mg.2H/c1-6(2)4-3-5-7;;;/h6-7H,3-5H2,1-2H3;;;/q;+2;2*-1. The third-order valence-electron chi connectivity index (χ3n) is 0.940. The number of hydrogen-bond acceptors (Lipinski definition) is 1. The maximum atomic E-state index is 8.32. The smallest absolute Gasteiger partial charge is 1.00 e. The second kappa shape index (κ2) is 7.73. The largest absolute Gasteiger partial charge is 2.00 e. The maximum Gasteiger partial charge on any atom is 2.00 e. The van der Waals surface area contributed by atoms with Crippen LogP contribution in [0.5, 0.6) is 0 Å². The molecule has 0 radical (unpaired) electrons. The van der Waals surface area contributed by atoms with Crippen LogP contribution in [0.4, 0.5) is 0 Å². The van der Waals surface area contributed by atoms with Crippen molar-refractivity contribution in [3.8, 4) is 0 Å². The molecule has 0 amide bonds. The van der Waals surface area contributed by atoms with Crippen molar-refractivity contribution in [3.05, 3.63) is 0 Å². The van der Waals surface area contributed by atoms with E-state index in [0.29, 0.717) is 6.61 Å². The van der Waals surface area contributed by atoms with Crippen molar-refractivity contribution >= 4 is 23.1 Å². The molecule has 0 aliphatic carbocycles. The quantitative estimate of drug-likeness (QED) is 0.568. The van der Waals surface area contributed by atoms with Gasteiger partial charge in [-0.3, -0.25) is 0 Å². The average molecular weight is 128 g/mol. The van der Waals surface area contributed by atoms with Gasteiger partial charge in [0.25, 0.3) is 0 Å². The van der Waals surface area contributed by atoms with Gasteiger partial charge in [-0.2, -0.15) is 0 Å². The molecule has 0 atom stereocenters. The first-order valence-electron chi connectivity index (χ1n) is 2.88. The maximum absolute atomic E-state index is 8.32. The number of aliphatic hydroxyl groups is 1. The van der Waals surface area contributed by atoms with E-state index in [-0.39, 0.29) is 25.9 Å². The van der Waals surface area contributed by atoms with E-state index in [1.165, 1.54) is 0 Å². The van der Waals surface area contributed by atoms with Crippen LogP contribution in [-0.4, -0.2) is 34.8 Å². The van der Waals surface area contributed by atoms with E-state index in [4.69, 9.17) is 5.11 Å². The van der Waals surface area contributed by atoms with Crippen LogP contribution in [0.2, 0.25) is 0 Å². The summed E-state index contributed by atoms with van der Waals surface area (Å²) in [6.45, 7) is 4.67. The van der Waals surface area contributed by atoms with E-state index >= 15 is 0 Å². The molecule has 1 nitrogen and oxygen atoms in total. The molecule has 0 bridgehead atoms. The molecule has 0 saturated carbocycles. The summed E-state index contributed by atoms with van der Waals surface area (Å²) in [5.74, 6) is 0.743. The Hall–Kier alpha value is 0.726. The summed E-state index contributed by atoms with van der Waals surface area (Å²) in [6, 6.07) is 0. The minimum atomic E-state index is 0. The van der Waals surface area contributed by atoms with E-state index in [0.717, 1.165) is 18.8 Å². The molecule has 0 aromatic carbocycles. The Labute approximate surface area is 70.6 Å². The average Bonchev–Trinajstić information content (AvgIpc) is 1.61. The van der Waals surface area contributed by atoms with Gasteiger partial charge < -0.3 is 7.96 Å². The molecule has 0 aliphatic rings. The van der Waals surface area contributed by atoms with Crippen LogP contribution in [0.15, 0.2) is 0 Å². The van der Waals surface area contributed by atoms with E-state index in [1.54, 1.807) is 0 Å². The van der Waals surface area contributed by atoms with Crippen molar-refractivity contribution in [1.82, 2.24) is 0 Å². The van der Waals surface area contributed by atoms with Crippen molar-refractivity contribution in [2.45, 2.75) is 26.7 Å². The Balaban J connectivity index is -0.0000000600. The molecule has 2 heteroatoms. The van der Waals surface area contributed by atoms with Gasteiger partial charge in [0.05, 0.1) is 0 Å². The van der Waals surface area contributed by atoms with Crippen LogP contribution >= 0.6 is 0 Å². The molecule has 1 N–H and O–H groups in total. The minimum Gasteiger partial charge on any atom is -1.00 e. The molecule has 0 heterocycles. The van der Waals surface area contributed by atoms with Crippen LogP contribution in [0.25, 0.3) is 0 Å². The van der Waals surface area contributed by atoms with Gasteiger partial charge in [0, 0.05) is 6.61 Å². The monoisotopic (exact) mass is 128 g/mol. The molecule has 0 aromatic rings. The van der Waals surface area contributed by atoms with Crippen molar-refractivity contribution in [3.63, 3.8) is 0 Å². The number of hydrogen-bond donors (Lipinski definition) is 1. The van der Waals surface area contributed by atoms with Crippen LogP contribution in [0.3, 0.4) is 0 Å². The fourth-order valence-corrected chi connectivity index (χ4v) is 0.500. The number of aliphatic hydroxyl groups excluding tert-OH is 1. The molecule has 0 spiro atoms. The Morgan fingerprint density at radius 1 is 1.50 bits per heavy atom. The third kappa shape index (κ3) is 9.87. The van der Waals surface area contributed by atoms with Crippen LogP contribution in [-0.2, 0) is 0 Å². The summed E-state index contributed by atoms with van der Waals surface area (Å²) in [5, 5.41) is 8.32.